The Kier molecular flexibility index (Phi) is 11.1. The summed E-state index contributed by atoms with van der Waals surface area (Å²) in [5.41, 5.74) is 9.24. The van der Waals surface area contributed by atoms with Crippen molar-refractivity contribution < 1.29 is 33.8 Å². The molecule has 0 saturated heterocycles. The van der Waals surface area contributed by atoms with E-state index in [4.69, 9.17) is 31.5 Å². The summed E-state index contributed by atoms with van der Waals surface area (Å²) < 4.78 is 11.7. The standard InChI is InChI=1S/C6H15N2O5P.C5H14NO/c7-2-1-4(14(11,12)13)3-5(8)6(9)10;1-6(2,3)4-5-7/h4-5H,1-3,7-8H2,(H,9,10)(H2,11,12,13);7H,4-5H2,1-3H3/q;+1/t4?,5-;/m0./s1. The number of hydrogen-bond acceptors (Lipinski definition) is 5. The van der Waals surface area contributed by atoms with Gasteiger partial charge in [0.15, 0.2) is 0 Å². The van der Waals surface area contributed by atoms with Crippen LogP contribution in [0.1, 0.15) is 12.8 Å². The highest BCUT2D eigenvalue weighted by Crippen LogP contribution is 2.44. The molecule has 1 unspecified atom stereocenters. The number of hydrogen-bond donors (Lipinski definition) is 6. The van der Waals surface area contributed by atoms with Crippen LogP contribution in [0.5, 0.6) is 0 Å². The smallest absolute Gasteiger partial charge is 0.328 e. The molecule has 0 aromatic rings. The Labute approximate surface area is 125 Å². The molecule has 0 rings (SSSR count). The first-order chi connectivity index (χ1) is 9.35. The van der Waals surface area contributed by atoms with Crippen LogP contribution in [0, 0.1) is 0 Å². The van der Waals surface area contributed by atoms with E-state index in [1.165, 1.54) is 0 Å². The molecule has 21 heavy (non-hydrogen) atoms. The molecule has 0 saturated carbocycles. The number of aliphatic carboxylic acids is 1. The largest absolute Gasteiger partial charge is 0.480 e. The Bertz CT molecular complexity index is 341. The van der Waals surface area contributed by atoms with Crippen LogP contribution in [0.2, 0.25) is 0 Å². The molecule has 10 heteroatoms. The van der Waals surface area contributed by atoms with E-state index in [-0.39, 0.29) is 26.0 Å². The monoisotopic (exact) mass is 330 g/mol. The molecule has 0 aliphatic carbocycles. The molecule has 0 radical (unpaired) electrons. The third kappa shape index (κ3) is 14.2. The fourth-order valence-corrected chi connectivity index (χ4v) is 2.30. The Morgan fingerprint density at radius 2 is 1.76 bits per heavy atom. The average molecular weight is 330 g/mol. The average Bonchev–Trinajstić information content (AvgIpc) is 2.26. The third-order valence-electron chi connectivity index (χ3n) is 2.59. The molecule has 0 aliphatic rings. The van der Waals surface area contributed by atoms with Gasteiger partial charge in [-0.15, -0.1) is 0 Å². The van der Waals surface area contributed by atoms with Gasteiger partial charge in [-0.1, -0.05) is 0 Å². The summed E-state index contributed by atoms with van der Waals surface area (Å²) >= 11 is 0. The van der Waals surface area contributed by atoms with E-state index in [1.807, 2.05) is 0 Å². The second kappa shape index (κ2) is 10.2. The minimum atomic E-state index is -4.31. The van der Waals surface area contributed by atoms with Crippen LogP contribution in [0.25, 0.3) is 0 Å². The number of quaternary nitrogens is 1. The van der Waals surface area contributed by atoms with Crippen molar-refractivity contribution >= 4 is 13.6 Å². The number of rotatable bonds is 8. The molecule has 0 bridgehead atoms. The van der Waals surface area contributed by atoms with Gasteiger partial charge in [0.25, 0.3) is 0 Å². The van der Waals surface area contributed by atoms with Gasteiger partial charge < -0.3 is 36.0 Å². The van der Waals surface area contributed by atoms with Crippen LogP contribution >= 0.6 is 7.60 Å². The highest BCUT2D eigenvalue weighted by atomic mass is 31.2. The summed E-state index contributed by atoms with van der Waals surface area (Å²) in [6, 6.07) is -1.26. The van der Waals surface area contributed by atoms with Crippen LogP contribution in [-0.2, 0) is 9.36 Å². The van der Waals surface area contributed by atoms with E-state index in [1.54, 1.807) is 0 Å². The fraction of sp³-hybridized carbons (Fsp3) is 0.909. The number of carboxylic acids is 1. The van der Waals surface area contributed by atoms with Crippen LogP contribution in [0.4, 0.5) is 0 Å². The Morgan fingerprint density at radius 3 is 1.95 bits per heavy atom. The summed E-state index contributed by atoms with van der Waals surface area (Å²) in [4.78, 5) is 28.0. The molecule has 0 fully saturated rings. The third-order valence-corrected chi connectivity index (χ3v) is 4.01. The zero-order chi connectivity index (χ0) is 17.3. The van der Waals surface area contributed by atoms with Crippen molar-refractivity contribution in [3.8, 4) is 0 Å². The Balaban J connectivity index is 0. The van der Waals surface area contributed by atoms with Crippen molar-refractivity contribution in [3.05, 3.63) is 0 Å². The van der Waals surface area contributed by atoms with Crippen LogP contribution in [0.3, 0.4) is 0 Å². The zero-order valence-electron chi connectivity index (χ0n) is 12.8. The second-order valence-corrected chi connectivity index (χ2v) is 7.65. The maximum Gasteiger partial charge on any atom is 0.328 e. The lowest BCUT2D eigenvalue weighted by molar-refractivity contribution is -0.870. The Morgan fingerprint density at radius 1 is 1.29 bits per heavy atom. The SMILES string of the molecule is C[N+](C)(C)CCO.NCCC(C[C@H](N)C(=O)O)P(=O)(O)O. The van der Waals surface area contributed by atoms with Crippen molar-refractivity contribution in [3.63, 3.8) is 0 Å². The van der Waals surface area contributed by atoms with E-state index in [2.05, 4.69) is 21.1 Å². The number of likely N-dealkylation sites (N-methyl/N-ethyl adjacent to an activating group) is 1. The maximum atomic E-state index is 10.9. The Hall–Kier alpha value is -0.540. The molecule has 2 atom stereocenters. The van der Waals surface area contributed by atoms with Gasteiger partial charge in [-0.2, -0.15) is 0 Å². The van der Waals surface area contributed by atoms with Gasteiger partial charge in [0.1, 0.15) is 12.6 Å². The quantitative estimate of drug-likeness (QED) is 0.228. The number of aliphatic hydroxyl groups is 1. The fourth-order valence-electron chi connectivity index (χ4n) is 1.31. The summed E-state index contributed by atoms with van der Waals surface area (Å²) in [7, 11) is 1.85. The lowest BCUT2D eigenvalue weighted by Gasteiger charge is -2.21. The molecule has 0 heterocycles. The van der Waals surface area contributed by atoms with Crippen molar-refractivity contribution in [2.24, 2.45) is 11.5 Å². The highest BCUT2D eigenvalue weighted by Gasteiger charge is 2.31. The minimum absolute atomic E-state index is 0.0608. The van der Waals surface area contributed by atoms with E-state index in [9.17, 15) is 9.36 Å². The highest BCUT2D eigenvalue weighted by molar-refractivity contribution is 7.52. The predicted octanol–water partition coefficient (Wildman–Crippen LogP) is -1.63. The summed E-state index contributed by atoms with van der Waals surface area (Å²) in [5, 5.41) is 16.8. The van der Waals surface area contributed by atoms with Gasteiger partial charge in [0.05, 0.1) is 33.4 Å². The molecule has 0 aromatic carbocycles. The predicted molar refractivity (Wildman–Crippen MR) is 79.7 cm³/mol. The lowest BCUT2D eigenvalue weighted by atomic mass is 10.1. The summed E-state index contributed by atoms with van der Waals surface area (Å²) in [5.74, 6) is -1.28. The number of aliphatic hydroxyl groups excluding tert-OH is 1. The summed E-state index contributed by atoms with van der Waals surface area (Å²) in [6.07, 6.45) is -0.206. The van der Waals surface area contributed by atoms with Crippen molar-refractivity contribution in [2.75, 3.05) is 40.8 Å². The first-order valence-electron chi connectivity index (χ1n) is 6.50. The number of nitrogens with two attached hydrogens (primary N) is 2. The molecule has 8 N–H and O–H groups in total. The molecule has 0 aromatic heterocycles. The number of nitrogens with zero attached hydrogens (tertiary/aromatic N) is 1. The molecular formula is C11H29N3O6P+. The number of carbonyl (C=O) groups is 1. The molecular weight excluding hydrogens is 301 g/mol. The second-order valence-electron chi connectivity index (χ2n) is 5.74. The van der Waals surface area contributed by atoms with Crippen molar-refractivity contribution in [1.29, 1.82) is 0 Å². The molecule has 128 valence electrons. The lowest BCUT2D eigenvalue weighted by Crippen LogP contribution is -2.36. The molecule has 0 spiro atoms. The van der Waals surface area contributed by atoms with Gasteiger partial charge in [-0.05, 0) is 19.4 Å². The van der Waals surface area contributed by atoms with E-state index < -0.39 is 25.3 Å². The van der Waals surface area contributed by atoms with Gasteiger partial charge in [0.2, 0.25) is 0 Å². The first kappa shape index (κ1) is 22.7. The van der Waals surface area contributed by atoms with E-state index in [0.29, 0.717) is 0 Å². The number of carboxylic acid groups (broad SMARTS) is 1. The first-order valence-corrected chi connectivity index (χ1v) is 8.18. The summed E-state index contributed by atoms with van der Waals surface area (Å²) in [6.45, 7) is 1.20. The normalized spacial score (nSPS) is 14.9. The zero-order valence-corrected chi connectivity index (χ0v) is 13.7. The van der Waals surface area contributed by atoms with Crippen molar-refractivity contribution in [1.82, 2.24) is 0 Å². The van der Waals surface area contributed by atoms with Gasteiger partial charge in [-0.25, -0.2) is 0 Å². The maximum absolute atomic E-state index is 10.9. The van der Waals surface area contributed by atoms with Gasteiger partial charge >= 0.3 is 13.6 Å². The molecule has 0 aliphatic heterocycles. The van der Waals surface area contributed by atoms with Crippen LogP contribution in [0.15, 0.2) is 0 Å². The van der Waals surface area contributed by atoms with E-state index >= 15 is 0 Å². The molecule has 9 nitrogen and oxygen atoms in total. The topological polar surface area (TPSA) is 167 Å². The van der Waals surface area contributed by atoms with Crippen LogP contribution < -0.4 is 11.5 Å². The van der Waals surface area contributed by atoms with Crippen LogP contribution in [-0.4, -0.2) is 83.0 Å². The van der Waals surface area contributed by atoms with Gasteiger partial charge in [-0.3, -0.25) is 9.36 Å². The van der Waals surface area contributed by atoms with Crippen molar-refractivity contribution in [2.45, 2.75) is 24.5 Å². The van der Waals surface area contributed by atoms with E-state index in [0.717, 1.165) is 11.0 Å². The minimum Gasteiger partial charge on any atom is -0.480 e. The molecule has 0 amide bonds. The van der Waals surface area contributed by atoms with Gasteiger partial charge in [0, 0.05) is 0 Å².